The molecule has 2 heterocycles. The van der Waals surface area contributed by atoms with Crippen molar-refractivity contribution in [1.29, 1.82) is 0 Å². The van der Waals surface area contributed by atoms with Crippen molar-refractivity contribution < 1.29 is 9.53 Å². The van der Waals surface area contributed by atoms with Crippen LogP contribution in [0, 0.1) is 0 Å². The van der Waals surface area contributed by atoms with E-state index in [1.807, 2.05) is 48.5 Å². The third-order valence-electron chi connectivity index (χ3n) is 5.32. The van der Waals surface area contributed by atoms with Gasteiger partial charge in [0.05, 0.1) is 19.0 Å². The lowest BCUT2D eigenvalue weighted by molar-refractivity contribution is -0.121. The largest absolute Gasteiger partial charge is 0.497 e. The lowest BCUT2D eigenvalue weighted by Gasteiger charge is -2.09. The van der Waals surface area contributed by atoms with Crippen molar-refractivity contribution in [2.45, 2.75) is 32.9 Å². The Hall–Kier alpha value is -3.94. The van der Waals surface area contributed by atoms with Crippen LogP contribution in [-0.2, 0) is 17.9 Å². The summed E-state index contributed by atoms with van der Waals surface area (Å²) in [6.07, 6.45) is 2.88. The molecule has 0 aliphatic carbocycles. The van der Waals surface area contributed by atoms with E-state index in [2.05, 4.69) is 29.2 Å². The van der Waals surface area contributed by atoms with E-state index in [1.165, 1.54) is 22.7 Å². The molecule has 8 nitrogen and oxygen atoms in total. The number of nitrogens with zero attached hydrogens (tertiary/aromatic N) is 4. The van der Waals surface area contributed by atoms with Gasteiger partial charge in [0, 0.05) is 6.54 Å². The van der Waals surface area contributed by atoms with Gasteiger partial charge < -0.3 is 10.1 Å². The standard InChI is InChI=1S/C24H25N5O3/c1-16(2)18-6-8-19(9-7-18)29-23-21(13-27-29)24(31)28(15-26-23)14-22(30)25-12-17-4-10-20(32-3)11-5-17/h4-11,13,15-16H,12,14H2,1-3H3,(H,25,30). The molecule has 0 spiro atoms. The fourth-order valence-electron chi connectivity index (χ4n) is 3.41. The van der Waals surface area contributed by atoms with E-state index in [-0.39, 0.29) is 18.0 Å². The first-order valence-electron chi connectivity index (χ1n) is 10.4. The highest BCUT2D eigenvalue weighted by Crippen LogP contribution is 2.18. The molecule has 4 aromatic rings. The zero-order chi connectivity index (χ0) is 22.7. The predicted molar refractivity (Wildman–Crippen MR) is 122 cm³/mol. The number of benzene rings is 2. The van der Waals surface area contributed by atoms with Gasteiger partial charge in [0.25, 0.3) is 5.56 Å². The lowest BCUT2D eigenvalue weighted by Crippen LogP contribution is -2.32. The highest BCUT2D eigenvalue weighted by atomic mass is 16.5. The minimum atomic E-state index is -0.306. The van der Waals surface area contributed by atoms with Crippen LogP contribution in [-0.4, -0.2) is 32.3 Å². The Kier molecular flexibility index (Phi) is 6.02. The van der Waals surface area contributed by atoms with Crippen LogP contribution < -0.4 is 15.6 Å². The van der Waals surface area contributed by atoms with E-state index >= 15 is 0 Å². The van der Waals surface area contributed by atoms with E-state index in [9.17, 15) is 9.59 Å². The molecule has 0 bridgehead atoms. The number of carbonyl (C=O) groups is 1. The first-order valence-corrected chi connectivity index (χ1v) is 10.4. The minimum absolute atomic E-state index is 0.119. The SMILES string of the molecule is COc1ccc(CNC(=O)Cn2cnc3c(cnn3-c3ccc(C(C)C)cc3)c2=O)cc1. The summed E-state index contributed by atoms with van der Waals surface area (Å²) in [7, 11) is 1.60. The molecule has 0 saturated heterocycles. The summed E-state index contributed by atoms with van der Waals surface area (Å²) in [6, 6.07) is 15.4. The quantitative estimate of drug-likeness (QED) is 0.486. The van der Waals surface area contributed by atoms with E-state index < -0.39 is 0 Å². The van der Waals surface area contributed by atoms with Crippen molar-refractivity contribution in [3.63, 3.8) is 0 Å². The summed E-state index contributed by atoms with van der Waals surface area (Å²) in [4.78, 5) is 29.6. The van der Waals surface area contributed by atoms with Crippen LogP contribution in [0.25, 0.3) is 16.7 Å². The number of methoxy groups -OCH3 is 1. The molecular weight excluding hydrogens is 406 g/mol. The molecule has 0 radical (unpaired) electrons. The Labute approximate surface area is 185 Å². The first kappa shape index (κ1) is 21.3. The summed E-state index contributed by atoms with van der Waals surface area (Å²) in [5.74, 6) is 0.905. The van der Waals surface area contributed by atoms with Crippen molar-refractivity contribution in [2.75, 3.05) is 7.11 Å². The minimum Gasteiger partial charge on any atom is -0.497 e. The van der Waals surface area contributed by atoms with Crippen molar-refractivity contribution in [1.82, 2.24) is 24.6 Å². The Morgan fingerprint density at radius 3 is 2.47 bits per heavy atom. The van der Waals surface area contributed by atoms with Gasteiger partial charge in [-0.1, -0.05) is 38.1 Å². The summed E-state index contributed by atoms with van der Waals surface area (Å²) in [5, 5.41) is 7.52. The van der Waals surface area contributed by atoms with Crippen molar-refractivity contribution >= 4 is 16.9 Å². The molecule has 4 rings (SSSR count). The second-order valence-corrected chi connectivity index (χ2v) is 7.84. The zero-order valence-electron chi connectivity index (χ0n) is 18.3. The van der Waals surface area contributed by atoms with Gasteiger partial charge in [0.1, 0.15) is 24.0 Å². The fraction of sp³-hybridized carbons (Fsp3) is 0.250. The normalized spacial score (nSPS) is 11.1. The van der Waals surface area contributed by atoms with E-state index in [0.717, 1.165) is 17.0 Å². The molecule has 0 aliphatic rings. The molecule has 0 atom stereocenters. The molecule has 0 saturated carbocycles. The molecule has 2 aromatic heterocycles. The molecule has 2 aromatic carbocycles. The Balaban J connectivity index is 1.48. The summed E-state index contributed by atoms with van der Waals surface area (Å²) in [6.45, 7) is 4.51. The number of aromatic nitrogens is 4. The van der Waals surface area contributed by atoms with Crippen molar-refractivity contribution in [3.05, 3.63) is 82.5 Å². The summed E-state index contributed by atoms with van der Waals surface area (Å²) in [5.41, 5.74) is 3.14. The molecule has 1 amide bonds. The molecule has 0 unspecified atom stereocenters. The molecule has 32 heavy (non-hydrogen) atoms. The van der Waals surface area contributed by atoms with E-state index in [1.54, 1.807) is 11.8 Å². The Morgan fingerprint density at radius 2 is 1.81 bits per heavy atom. The third-order valence-corrected chi connectivity index (χ3v) is 5.32. The van der Waals surface area contributed by atoms with Gasteiger partial charge in [-0.25, -0.2) is 9.67 Å². The van der Waals surface area contributed by atoms with Gasteiger partial charge >= 0.3 is 0 Å². The molecule has 1 N–H and O–H groups in total. The molecule has 8 heteroatoms. The van der Waals surface area contributed by atoms with Crippen LogP contribution in [0.2, 0.25) is 0 Å². The van der Waals surface area contributed by atoms with Crippen LogP contribution >= 0.6 is 0 Å². The van der Waals surface area contributed by atoms with Crippen LogP contribution in [0.3, 0.4) is 0 Å². The number of ether oxygens (including phenoxy) is 1. The van der Waals surface area contributed by atoms with E-state index in [4.69, 9.17) is 4.74 Å². The Morgan fingerprint density at radius 1 is 1.09 bits per heavy atom. The maximum Gasteiger partial charge on any atom is 0.264 e. The molecule has 0 aliphatic heterocycles. The molecular formula is C24H25N5O3. The molecule has 0 fully saturated rings. The predicted octanol–water partition coefficient (Wildman–Crippen LogP) is 3.03. The second-order valence-electron chi connectivity index (χ2n) is 7.84. The second kappa shape index (κ2) is 9.05. The van der Waals surface area contributed by atoms with Crippen LogP contribution in [0.4, 0.5) is 0 Å². The number of fused-ring (bicyclic) bond motifs is 1. The van der Waals surface area contributed by atoms with Crippen LogP contribution in [0.15, 0.2) is 65.8 Å². The highest BCUT2D eigenvalue weighted by Gasteiger charge is 2.13. The number of carbonyl (C=O) groups excluding carboxylic acids is 1. The van der Waals surface area contributed by atoms with Crippen LogP contribution in [0.5, 0.6) is 5.75 Å². The third kappa shape index (κ3) is 4.39. The summed E-state index contributed by atoms with van der Waals surface area (Å²) >= 11 is 0. The van der Waals surface area contributed by atoms with Gasteiger partial charge in [0.15, 0.2) is 5.65 Å². The number of hydrogen-bond donors (Lipinski definition) is 1. The average Bonchev–Trinajstić information content (AvgIpc) is 3.25. The maximum absolute atomic E-state index is 12.9. The van der Waals surface area contributed by atoms with Gasteiger partial charge in [-0.2, -0.15) is 5.10 Å². The number of rotatable bonds is 7. The van der Waals surface area contributed by atoms with Gasteiger partial charge in [-0.3, -0.25) is 14.2 Å². The van der Waals surface area contributed by atoms with Gasteiger partial charge in [-0.05, 0) is 41.3 Å². The first-order chi connectivity index (χ1) is 15.5. The zero-order valence-corrected chi connectivity index (χ0v) is 18.3. The lowest BCUT2D eigenvalue weighted by atomic mass is 10.0. The van der Waals surface area contributed by atoms with Gasteiger partial charge in [0.2, 0.25) is 5.91 Å². The Bertz CT molecular complexity index is 1290. The smallest absolute Gasteiger partial charge is 0.264 e. The number of hydrogen-bond acceptors (Lipinski definition) is 5. The van der Waals surface area contributed by atoms with Crippen molar-refractivity contribution in [2.24, 2.45) is 0 Å². The highest BCUT2D eigenvalue weighted by molar-refractivity contribution is 5.77. The molecule has 164 valence electrons. The van der Waals surface area contributed by atoms with Crippen LogP contribution in [0.1, 0.15) is 30.9 Å². The number of nitrogens with one attached hydrogen (secondary N) is 1. The summed E-state index contributed by atoms with van der Waals surface area (Å²) < 4.78 is 8.05. The monoisotopic (exact) mass is 431 g/mol. The van der Waals surface area contributed by atoms with E-state index in [0.29, 0.717) is 23.5 Å². The maximum atomic E-state index is 12.9. The van der Waals surface area contributed by atoms with Crippen molar-refractivity contribution in [3.8, 4) is 11.4 Å². The average molecular weight is 431 g/mol. The fourth-order valence-corrected chi connectivity index (χ4v) is 3.41. The van der Waals surface area contributed by atoms with Gasteiger partial charge in [-0.15, -0.1) is 0 Å². The number of amides is 1. The topological polar surface area (TPSA) is 91.0 Å².